The molecule has 0 amide bonds. The van der Waals surface area contributed by atoms with E-state index in [-0.39, 0.29) is 5.78 Å². The highest BCUT2D eigenvalue weighted by Gasteiger charge is 2.23. The van der Waals surface area contributed by atoms with Gasteiger partial charge in [-0.25, -0.2) is 0 Å². The topological polar surface area (TPSA) is 41.1 Å². The summed E-state index contributed by atoms with van der Waals surface area (Å²) >= 11 is 0. The molecule has 0 radical (unpaired) electrons. The minimum atomic E-state index is 0.0495. The van der Waals surface area contributed by atoms with Gasteiger partial charge in [0, 0.05) is 5.56 Å². The molecule has 0 aliphatic heterocycles. The van der Waals surface area contributed by atoms with Crippen molar-refractivity contribution in [2.75, 3.05) is 0 Å². The van der Waals surface area contributed by atoms with Gasteiger partial charge in [-0.1, -0.05) is 48.5 Å². The highest BCUT2D eigenvalue weighted by atomic mass is 16.1. The number of aromatic nitrogens is 3. The molecule has 4 nitrogen and oxygen atoms in total. The Hall–Kier alpha value is -3.14. The van der Waals surface area contributed by atoms with Gasteiger partial charge in [0.25, 0.3) is 6.33 Å². The number of nitrogens with zero attached hydrogens (tertiary/aromatic N) is 2. The van der Waals surface area contributed by atoms with Crippen molar-refractivity contribution in [2.45, 2.75) is 6.92 Å². The van der Waals surface area contributed by atoms with E-state index >= 15 is 0 Å². The molecule has 0 fully saturated rings. The molecule has 0 spiro atoms. The van der Waals surface area contributed by atoms with Gasteiger partial charge in [0.2, 0.25) is 5.65 Å². The van der Waals surface area contributed by atoms with Crippen LogP contribution in [0.25, 0.3) is 22.5 Å². The number of rotatable bonds is 3. The third-order valence-corrected chi connectivity index (χ3v) is 3.97. The van der Waals surface area contributed by atoms with Crippen molar-refractivity contribution in [1.29, 1.82) is 0 Å². The van der Waals surface area contributed by atoms with Gasteiger partial charge in [-0.05, 0) is 24.6 Å². The van der Waals surface area contributed by atoms with Crippen molar-refractivity contribution in [2.24, 2.45) is 0 Å². The third kappa shape index (κ3) is 2.25. The number of hydrogen-bond donors (Lipinski definition) is 1. The zero-order chi connectivity index (χ0) is 15.8. The van der Waals surface area contributed by atoms with Crippen LogP contribution in [0, 0.1) is 0 Å². The molecule has 2 aromatic carbocycles. The van der Waals surface area contributed by atoms with Crippen LogP contribution in [-0.4, -0.2) is 15.3 Å². The number of aromatic amines is 1. The summed E-state index contributed by atoms with van der Waals surface area (Å²) in [4.78, 5) is 12.2. The molecule has 4 rings (SSSR count). The largest absolute Gasteiger partial charge is 0.294 e. The second-order valence-electron chi connectivity index (χ2n) is 5.53. The smallest absolute Gasteiger partial charge is 0.274 e. The maximum atomic E-state index is 12.2. The van der Waals surface area contributed by atoms with E-state index in [1.54, 1.807) is 6.92 Å². The summed E-state index contributed by atoms with van der Waals surface area (Å²) in [5, 5.41) is 3.31. The van der Waals surface area contributed by atoms with Gasteiger partial charge in [0.1, 0.15) is 6.20 Å². The van der Waals surface area contributed by atoms with Crippen molar-refractivity contribution in [1.82, 2.24) is 9.50 Å². The second kappa shape index (κ2) is 5.25. The Morgan fingerprint density at radius 1 is 1.00 bits per heavy atom. The van der Waals surface area contributed by atoms with E-state index in [4.69, 9.17) is 0 Å². The standard InChI is InChI=1S/C19H15N3O/c1-14(23)18-17(15-8-4-2-5-9-15)12-21-13-22(20-19(18)21)16-10-6-3-7-11-16/h2-13H,1H3/p+1. The molecular weight excluding hydrogens is 286 g/mol. The van der Waals surface area contributed by atoms with Gasteiger partial charge in [0.15, 0.2) is 11.5 Å². The lowest BCUT2D eigenvalue weighted by atomic mass is 10.0. The van der Waals surface area contributed by atoms with Gasteiger partial charge < -0.3 is 0 Å². The first-order valence-electron chi connectivity index (χ1n) is 7.51. The Bertz CT molecular complexity index is 982. The van der Waals surface area contributed by atoms with Crippen molar-refractivity contribution in [3.05, 3.63) is 78.8 Å². The average Bonchev–Trinajstić information content (AvgIpc) is 3.13. The fourth-order valence-corrected chi connectivity index (χ4v) is 2.91. The first kappa shape index (κ1) is 13.5. The van der Waals surface area contributed by atoms with E-state index in [0.717, 1.165) is 22.5 Å². The van der Waals surface area contributed by atoms with Crippen LogP contribution in [0.15, 0.2) is 73.2 Å². The zero-order valence-electron chi connectivity index (χ0n) is 12.7. The number of benzene rings is 2. The number of Topliss-reactive ketones (excluding diaryl/α,β-unsaturated/α-hetero) is 1. The van der Waals surface area contributed by atoms with Crippen LogP contribution in [0.3, 0.4) is 0 Å². The molecule has 4 aromatic rings. The summed E-state index contributed by atoms with van der Waals surface area (Å²) < 4.78 is 3.88. The van der Waals surface area contributed by atoms with Crippen LogP contribution in [0.1, 0.15) is 17.3 Å². The molecule has 1 N–H and O–H groups in total. The molecule has 0 saturated heterocycles. The summed E-state index contributed by atoms with van der Waals surface area (Å²) in [7, 11) is 0. The van der Waals surface area contributed by atoms with E-state index in [9.17, 15) is 4.79 Å². The Morgan fingerprint density at radius 2 is 1.65 bits per heavy atom. The molecule has 0 aliphatic rings. The van der Waals surface area contributed by atoms with Crippen LogP contribution in [0.4, 0.5) is 0 Å². The first-order chi connectivity index (χ1) is 11.2. The van der Waals surface area contributed by atoms with E-state index in [0.29, 0.717) is 5.56 Å². The fraction of sp³-hybridized carbons (Fsp3) is 0.0526. The number of hydrogen-bond acceptors (Lipinski definition) is 1. The zero-order valence-corrected chi connectivity index (χ0v) is 12.7. The van der Waals surface area contributed by atoms with Crippen LogP contribution >= 0.6 is 0 Å². The highest BCUT2D eigenvalue weighted by Crippen LogP contribution is 2.28. The highest BCUT2D eigenvalue weighted by molar-refractivity contribution is 6.06. The van der Waals surface area contributed by atoms with Crippen molar-refractivity contribution < 1.29 is 9.48 Å². The summed E-state index contributed by atoms with van der Waals surface area (Å²) in [6, 6.07) is 20.0. The van der Waals surface area contributed by atoms with Crippen LogP contribution < -0.4 is 4.68 Å². The van der Waals surface area contributed by atoms with Crippen LogP contribution in [0.5, 0.6) is 0 Å². The number of nitrogens with one attached hydrogen (secondary N) is 1. The second-order valence-corrected chi connectivity index (χ2v) is 5.53. The predicted octanol–water partition coefficient (Wildman–Crippen LogP) is 3.41. The van der Waals surface area contributed by atoms with Crippen molar-refractivity contribution >= 4 is 11.4 Å². The summed E-state index contributed by atoms with van der Waals surface area (Å²) in [5.41, 5.74) is 4.53. The Labute approximate surface area is 133 Å². The van der Waals surface area contributed by atoms with Gasteiger partial charge in [-0.2, -0.15) is 9.50 Å². The van der Waals surface area contributed by atoms with Crippen LogP contribution in [0.2, 0.25) is 0 Å². The predicted molar refractivity (Wildman–Crippen MR) is 88.7 cm³/mol. The minimum absolute atomic E-state index is 0.0495. The van der Waals surface area contributed by atoms with Gasteiger partial charge in [-0.15, -0.1) is 4.68 Å². The Balaban J connectivity index is 1.93. The molecule has 23 heavy (non-hydrogen) atoms. The number of ketones is 1. The maximum Gasteiger partial charge on any atom is 0.274 e. The molecule has 0 saturated carbocycles. The molecule has 0 atom stereocenters. The van der Waals surface area contributed by atoms with Gasteiger partial charge in [-0.3, -0.25) is 4.79 Å². The molecule has 112 valence electrons. The van der Waals surface area contributed by atoms with Gasteiger partial charge in [0.05, 0.1) is 5.56 Å². The summed E-state index contributed by atoms with van der Waals surface area (Å²) in [5.74, 6) is 0.0495. The third-order valence-electron chi connectivity index (χ3n) is 3.97. The van der Waals surface area contributed by atoms with Crippen molar-refractivity contribution in [3.63, 3.8) is 0 Å². The van der Waals surface area contributed by atoms with E-state index in [2.05, 4.69) is 5.10 Å². The summed E-state index contributed by atoms with van der Waals surface area (Å²) in [6.07, 6.45) is 3.95. The lowest BCUT2D eigenvalue weighted by molar-refractivity contribution is -0.655. The fourth-order valence-electron chi connectivity index (χ4n) is 2.91. The molecule has 0 aliphatic carbocycles. The van der Waals surface area contributed by atoms with E-state index < -0.39 is 0 Å². The average molecular weight is 302 g/mol. The normalized spacial score (nSPS) is 11.0. The van der Waals surface area contributed by atoms with Crippen molar-refractivity contribution in [3.8, 4) is 16.8 Å². The molecule has 0 bridgehead atoms. The van der Waals surface area contributed by atoms with E-state index in [1.807, 2.05) is 82.3 Å². The minimum Gasteiger partial charge on any atom is -0.294 e. The molecule has 0 unspecified atom stereocenters. The van der Waals surface area contributed by atoms with Gasteiger partial charge >= 0.3 is 0 Å². The molecule has 4 heteroatoms. The number of carbonyl (C=O) groups excluding carboxylic acids is 1. The Morgan fingerprint density at radius 3 is 2.30 bits per heavy atom. The number of H-pyrrole nitrogens is 1. The first-order valence-corrected chi connectivity index (χ1v) is 7.51. The SMILES string of the molecule is CC(=O)c1c(-c2ccccc2)cn2c[n+](-c3ccccc3)[nH]c12. The summed E-state index contributed by atoms with van der Waals surface area (Å²) in [6.45, 7) is 1.61. The lowest BCUT2D eigenvalue weighted by Gasteiger charge is -1.99. The molecule has 2 heterocycles. The number of fused-ring (bicyclic) bond motifs is 1. The maximum absolute atomic E-state index is 12.2. The lowest BCUT2D eigenvalue weighted by Crippen LogP contribution is -2.31. The molecule has 2 aromatic heterocycles. The monoisotopic (exact) mass is 302 g/mol. The van der Waals surface area contributed by atoms with E-state index in [1.165, 1.54) is 0 Å². The number of para-hydroxylation sites is 1. The Kier molecular flexibility index (Phi) is 3.08. The quantitative estimate of drug-likeness (QED) is 0.457. The van der Waals surface area contributed by atoms with Crippen LogP contribution in [-0.2, 0) is 0 Å². The number of carbonyl (C=O) groups is 1. The molecular formula is C19H16N3O+.